The highest BCUT2D eigenvalue weighted by Gasteiger charge is 2.31. The predicted molar refractivity (Wildman–Crippen MR) is 76.7 cm³/mol. The van der Waals surface area contributed by atoms with Crippen molar-refractivity contribution >= 4 is 5.91 Å². The first-order valence-electron chi connectivity index (χ1n) is 7.33. The molecule has 3 N–H and O–H groups in total. The highest BCUT2D eigenvalue weighted by atomic mass is 16.3. The van der Waals surface area contributed by atoms with E-state index in [1.165, 1.54) is 0 Å². The molecular weight excluding hydrogens is 242 g/mol. The molecule has 1 aliphatic heterocycles. The van der Waals surface area contributed by atoms with Crippen LogP contribution in [0.1, 0.15) is 34.1 Å². The van der Waals surface area contributed by atoms with Crippen LogP contribution in [-0.4, -0.2) is 65.2 Å². The molecular formula is C14H29N3O2. The smallest absolute Gasteiger partial charge is 0.239 e. The summed E-state index contributed by atoms with van der Waals surface area (Å²) >= 11 is 0. The van der Waals surface area contributed by atoms with Gasteiger partial charge in [0.15, 0.2) is 0 Å². The summed E-state index contributed by atoms with van der Waals surface area (Å²) in [5, 5.41) is 9.45. The van der Waals surface area contributed by atoms with Crippen molar-refractivity contribution in [2.45, 2.75) is 52.3 Å². The minimum Gasteiger partial charge on any atom is -0.392 e. The number of aliphatic hydroxyl groups excluding tert-OH is 1. The molecule has 1 heterocycles. The number of nitrogens with two attached hydrogens (primary N) is 1. The normalized spacial score (nSPS) is 26.0. The Labute approximate surface area is 116 Å². The molecule has 1 rings (SSSR count). The molecule has 0 aromatic rings. The van der Waals surface area contributed by atoms with Gasteiger partial charge in [0.2, 0.25) is 5.91 Å². The highest BCUT2D eigenvalue weighted by molar-refractivity contribution is 5.82. The predicted octanol–water partition coefficient (Wildman–Crippen LogP) is 0.273. The number of nitrogens with zero attached hydrogens (tertiary/aromatic N) is 2. The summed E-state index contributed by atoms with van der Waals surface area (Å²) in [5.74, 6) is 0.288. The van der Waals surface area contributed by atoms with Crippen LogP contribution in [0.3, 0.4) is 0 Å². The van der Waals surface area contributed by atoms with Crippen LogP contribution in [0.15, 0.2) is 0 Å². The Morgan fingerprint density at radius 1 is 1.42 bits per heavy atom. The minimum atomic E-state index is -0.388. The first kappa shape index (κ1) is 16.4. The standard InChI is InChI=1S/C14H29N3O2/c1-5-10(2)13(15)14(19)17-7-6-16(9-12(4)18)11(3)8-17/h10-13,18H,5-9,15H2,1-4H3. The third-order valence-corrected chi connectivity index (χ3v) is 4.12. The number of piperazine rings is 1. The number of hydrogen-bond acceptors (Lipinski definition) is 4. The third kappa shape index (κ3) is 4.44. The van der Waals surface area contributed by atoms with E-state index in [1.54, 1.807) is 6.92 Å². The highest BCUT2D eigenvalue weighted by Crippen LogP contribution is 2.14. The second kappa shape index (κ2) is 7.22. The minimum absolute atomic E-state index is 0.0675. The molecule has 0 aromatic heterocycles. The lowest BCUT2D eigenvalue weighted by Gasteiger charge is -2.41. The van der Waals surface area contributed by atoms with Crippen molar-refractivity contribution in [3.63, 3.8) is 0 Å². The summed E-state index contributed by atoms with van der Waals surface area (Å²) in [6, 6.07) is -0.114. The fourth-order valence-corrected chi connectivity index (χ4v) is 2.51. The van der Waals surface area contributed by atoms with Gasteiger partial charge in [0.05, 0.1) is 12.1 Å². The van der Waals surface area contributed by atoms with E-state index < -0.39 is 0 Å². The molecule has 19 heavy (non-hydrogen) atoms. The number of aliphatic hydroxyl groups is 1. The van der Waals surface area contributed by atoms with Crippen molar-refractivity contribution < 1.29 is 9.90 Å². The van der Waals surface area contributed by atoms with Crippen molar-refractivity contribution in [3.05, 3.63) is 0 Å². The molecule has 0 radical (unpaired) electrons. The molecule has 5 heteroatoms. The molecule has 4 atom stereocenters. The molecule has 1 aliphatic rings. The zero-order valence-electron chi connectivity index (χ0n) is 12.7. The molecule has 1 amide bonds. The molecule has 0 bridgehead atoms. The Balaban J connectivity index is 2.53. The lowest BCUT2D eigenvalue weighted by molar-refractivity contribution is -0.136. The van der Waals surface area contributed by atoms with Crippen LogP contribution in [-0.2, 0) is 4.79 Å². The summed E-state index contributed by atoms with van der Waals surface area (Å²) in [7, 11) is 0. The van der Waals surface area contributed by atoms with Crippen LogP contribution in [0.4, 0.5) is 0 Å². The fraction of sp³-hybridized carbons (Fsp3) is 0.929. The van der Waals surface area contributed by atoms with Crippen molar-refractivity contribution in [1.82, 2.24) is 9.80 Å². The molecule has 1 fully saturated rings. The van der Waals surface area contributed by atoms with Gasteiger partial charge in [-0.05, 0) is 19.8 Å². The van der Waals surface area contributed by atoms with Crippen LogP contribution >= 0.6 is 0 Å². The van der Waals surface area contributed by atoms with Gasteiger partial charge in [-0.25, -0.2) is 0 Å². The van der Waals surface area contributed by atoms with E-state index in [1.807, 2.05) is 11.8 Å². The molecule has 5 nitrogen and oxygen atoms in total. The van der Waals surface area contributed by atoms with Crippen LogP contribution in [0.2, 0.25) is 0 Å². The molecule has 0 aromatic carbocycles. The maximum Gasteiger partial charge on any atom is 0.239 e. The Kier molecular flexibility index (Phi) is 6.23. The summed E-state index contributed by atoms with van der Waals surface area (Å²) in [4.78, 5) is 16.4. The number of β-amino-alcohol motifs (C(OH)–C–C–N with tert-alkyl or cyclic N) is 1. The van der Waals surface area contributed by atoms with Gasteiger partial charge in [-0.2, -0.15) is 0 Å². The SMILES string of the molecule is CCC(C)C(N)C(=O)N1CCN(CC(C)O)C(C)C1. The van der Waals surface area contributed by atoms with Crippen LogP contribution < -0.4 is 5.73 Å². The summed E-state index contributed by atoms with van der Waals surface area (Å²) in [5.41, 5.74) is 6.02. The lowest BCUT2D eigenvalue weighted by Crippen LogP contribution is -2.58. The number of amides is 1. The van der Waals surface area contributed by atoms with E-state index in [2.05, 4.69) is 18.7 Å². The average molecular weight is 271 g/mol. The Morgan fingerprint density at radius 3 is 2.53 bits per heavy atom. The van der Waals surface area contributed by atoms with E-state index in [-0.39, 0.29) is 30.0 Å². The van der Waals surface area contributed by atoms with Gasteiger partial charge < -0.3 is 15.7 Å². The zero-order chi connectivity index (χ0) is 14.6. The van der Waals surface area contributed by atoms with Gasteiger partial charge in [-0.15, -0.1) is 0 Å². The van der Waals surface area contributed by atoms with Gasteiger partial charge in [0.1, 0.15) is 0 Å². The zero-order valence-corrected chi connectivity index (χ0v) is 12.7. The summed E-state index contributed by atoms with van der Waals surface area (Å²) in [6.07, 6.45) is 0.594. The van der Waals surface area contributed by atoms with E-state index in [0.29, 0.717) is 19.6 Å². The average Bonchev–Trinajstić information content (AvgIpc) is 2.38. The number of hydrogen-bond donors (Lipinski definition) is 2. The largest absolute Gasteiger partial charge is 0.392 e. The van der Waals surface area contributed by atoms with Crippen LogP contribution in [0.5, 0.6) is 0 Å². The monoisotopic (exact) mass is 271 g/mol. The first-order chi connectivity index (χ1) is 8.86. The van der Waals surface area contributed by atoms with Crippen molar-refractivity contribution in [1.29, 1.82) is 0 Å². The number of carbonyl (C=O) groups is 1. The number of rotatable bonds is 5. The molecule has 112 valence electrons. The van der Waals surface area contributed by atoms with Gasteiger partial charge in [-0.1, -0.05) is 20.3 Å². The van der Waals surface area contributed by atoms with Gasteiger partial charge >= 0.3 is 0 Å². The molecule has 4 unspecified atom stereocenters. The van der Waals surface area contributed by atoms with Gasteiger partial charge in [-0.3, -0.25) is 9.69 Å². The van der Waals surface area contributed by atoms with E-state index in [0.717, 1.165) is 13.0 Å². The second-order valence-corrected chi connectivity index (χ2v) is 5.89. The lowest BCUT2D eigenvalue weighted by atomic mass is 9.98. The van der Waals surface area contributed by atoms with Crippen LogP contribution in [0, 0.1) is 5.92 Å². The third-order valence-electron chi connectivity index (χ3n) is 4.12. The fourth-order valence-electron chi connectivity index (χ4n) is 2.51. The maximum absolute atomic E-state index is 12.3. The summed E-state index contributed by atoms with van der Waals surface area (Å²) in [6.45, 7) is 10.9. The maximum atomic E-state index is 12.3. The molecule has 0 aliphatic carbocycles. The first-order valence-corrected chi connectivity index (χ1v) is 7.33. The van der Waals surface area contributed by atoms with E-state index in [4.69, 9.17) is 5.73 Å². The Bertz CT molecular complexity index is 296. The Hall–Kier alpha value is -0.650. The number of carbonyl (C=O) groups excluding carboxylic acids is 1. The Morgan fingerprint density at radius 2 is 2.05 bits per heavy atom. The molecule has 0 spiro atoms. The second-order valence-electron chi connectivity index (χ2n) is 5.89. The van der Waals surface area contributed by atoms with Crippen molar-refractivity contribution in [2.24, 2.45) is 11.7 Å². The topological polar surface area (TPSA) is 69.8 Å². The van der Waals surface area contributed by atoms with Crippen molar-refractivity contribution in [3.8, 4) is 0 Å². The quantitative estimate of drug-likeness (QED) is 0.753. The van der Waals surface area contributed by atoms with E-state index in [9.17, 15) is 9.90 Å². The van der Waals surface area contributed by atoms with Gasteiger partial charge in [0, 0.05) is 32.2 Å². The van der Waals surface area contributed by atoms with E-state index >= 15 is 0 Å². The van der Waals surface area contributed by atoms with Crippen molar-refractivity contribution in [2.75, 3.05) is 26.2 Å². The van der Waals surface area contributed by atoms with Gasteiger partial charge in [0.25, 0.3) is 0 Å². The molecule has 0 saturated carbocycles. The van der Waals surface area contributed by atoms with Crippen LogP contribution in [0.25, 0.3) is 0 Å². The molecule has 1 saturated heterocycles. The summed E-state index contributed by atoms with van der Waals surface area (Å²) < 4.78 is 0.